The maximum Gasteiger partial charge on any atom is 0.414 e. The molecule has 5 N–H and O–H groups in total. The summed E-state index contributed by atoms with van der Waals surface area (Å²) in [5, 5.41) is 41.0. The standard InChI is InChI=1S/C37H45N3O3S.2C2H2O4/c41-29-13-16-31-32(37(44-35(31)25-29)28-11-14-30(15-12-28)42-23-22-39-18-6-7-19-39)24-27-10-17-36(38-26-27)43-34-9-3-2-8-33(34)40-20-4-1-5-21-40;2*3-1(4)2(5)6/h10-17,25-26,33-34,41H,1-9,18-24H2;2*(H,3,4)(H,5,6)/t33-,34-;;/m1../s1. The number of phenolic OH excluding ortho intramolecular Hbond substituents is 1. The topological polar surface area (TPSA) is 207 Å². The SMILES string of the molecule is O=C(O)C(=O)O.O=C(O)C(=O)O.Oc1ccc2c(Cc3ccc(O[C@@H]4CCCC[C@H]4N4CCCCC4)nc3)c(-c3ccc(OCCN4CCCC4)cc3)sc2c1. The van der Waals surface area contributed by atoms with E-state index in [-0.39, 0.29) is 6.10 Å². The highest BCUT2D eigenvalue weighted by atomic mass is 32.1. The molecule has 7 rings (SSSR count). The predicted molar refractivity (Wildman–Crippen MR) is 210 cm³/mol. The number of phenols is 1. The van der Waals surface area contributed by atoms with Crippen molar-refractivity contribution in [2.45, 2.75) is 76.4 Å². The molecule has 0 spiro atoms. The van der Waals surface area contributed by atoms with Crippen molar-refractivity contribution >= 4 is 45.3 Å². The molecule has 4 aromatic rings. The van der Waals surface area contributed by atoms with Crippen LogP contribution in [0.25, 0.3) is 20.5 Å². The largest absolute Gasteiger partial charge is 0.508 e. The number of thiophene rings is 1. The minimum Gasteiger partial charge on any atom is -0.508 e. The van der Waals surface area contributed by atoms with Crippen LogP contribution in [-0.4, -0.2) is 116 Å². The molecule has 4 heterocycles. The van der Waals surface area contributed by atoms with Crippen LogP contribution in [0.15, 0.2) is 60.8 Å². The highest BCUT2D eigenvalue weighted by Crippen LogP contribution is 2.41. The quantitative estimate of drug-likeness (QED) is 0.113. The fraction of sp³-hybridized carbons (Fsp3) is 0.439. The number of carboxylic acid groups (broad SMARTS) is 4. The number of rotatable bonds is 10. The molecule has 2 aromatic carbocycles. The lowest BCUT2D eigenvalue weighted by atomic mass is 9.90. The van der Waals surface area contributed by atoms with Gasteiger partial charge in [0, 0.05) is 40.8 Å². The molecule has 56 heavy (non-hydrogen) atoms. The Labute approximate surface area is 328 Å². The van der Waals surface area contributed by atoms with Crippen molar-refractivity contribution in [3.63, 3.8) is 0 Å². The zero-order valence-corrected chi connectivity index (χ0v) is 32.0. The van der Waals surface area contributed by atoms with E-state index < -0.39 is 23.9 Å². The summed E-state index contributed by atoms with van der Waals surface area (Å²) < 4.78 is 13.7. The van der Waals surface area contributed by atoms with Crippen LogP contribution in [0.4, 0.5) is 0 Å². The van der Waals surface area contributed by atoms with Gasteiger partial charge in [0.05, 0.1) is 0 Å². The molecule has 1 aliphatic carbocycles. The summed E-state index contributed by atoms with van der Waals surface area (Å²) >= 11 is 1.73. The number of likely N-dealkylation sites (tertiary alicyclic amines) is 2. The number of pyridine rings is 1. The molecule has 2 atom stereocenters. The van der Waals surface area contributed by atoms with Crippen LogP contribution in [0.1, 0.15) is 68.9 Å². The molecule has 2 aliphatic heterocycles. The first-order valence-corrected chi connectivity index (χ1v) is 19.8. The van der Waals surface area contributed by atoms with Crippen LogP contribution in [0, 0.1) is 0 Å². The minimum atomic E-state index is -1.82. The predicted octanol–water partition coefficient (Wildman–Crippen LogP) is 6.22. The lowest BCUT2D eigenvalue weighted by Crippen LogP contribution is -2.49. The molecule has 0 bridgehead atoms. The van der Waals surface area contributed by atoms with Gasteiger partial charge < -0.3 is 35.0 Å². The fourth-order valence-electron chi connectivity index (χ4n) is 7.38. The van der Waals surface area contributed by atoms with Crippen molar-refractivity contribution in [3.8, 4) is 27.8 Å². The molecule has 2 aromatic heterocycles. The lowest BCUT2D eigenvalue weighted by Gasteiger charge is -2.41. The molecule has 3 aliphatic rings. The molecule has 300 valence electrons. The van der Waals surface area contributed by atoms with Gasteiger partial charge in [0.2, 0.25) is 5.88 Å². The molecular formula is C41H49N3O11S. The van der Waals surface area contributed by atoms with Gasteiger partial charge in [0.1, 0.15) is 24.2 Å². The van der Waals surface area contributed by atoms with Crippen LogP contribution in [0.2, 0.25) is 0 Å². The monoisotopic (exact) mass is 791 g/mol. The van der Waals surface area contributed by atoms with Crippen molar-refractivity contribution < 1.29 is 54.2 Å². The van der Waals surface area contributed by atoms with Gasteiger partial charge in [-0.25, -0.2) is 24.2 Å². The Balaban J connectivity index is 0.000000437. The molecule has 1 saturated carbocycles. The van der Waals surface area contributed by atoms with Gasteiger partial charge in [-0.05, 0) is 136 Å². The third-order valence-corrected chi connectivity index (χ3v) is 11.4. The van der Waals surface area contributed by atoms with E-state index in [1.807, 2.05) is 18.3 Å². The Morgan fingerprint density at radius 2 is 1.39 bits per heavy atom. The van der Waals surface area contributed by atoms with E-state index in [2.05, 4.69) is 46.2 Å². The van der Waals surface area contributed by atoms with Crippen molar-refractivity contribution in [1.29, 1.82) is 0 Å². The van der Waals surface area contributed by atoms with Gasteiger partial charge in [-0.1, -0.05) is 18.9 Å². The van der Waals surface area contributed by atoms with Crippen LogP contribution in [0.5, 0.6) is 17.4 Å². The third-order valence-electron chi connectivity index (χ3n) is 10.1. The fourth-order valence-corrected chi connectivity index (χ4v) is 8.64. The molecular weight excluding hydrogens is 743 g/mol. The van der Waals surface area contributed by atoms with Gasteiger partial charge in [0.25, 0.3) is 0 Å². The molecule has 15 heteroatoms. The molecule has 14 nitrogen and oxygen atoms in total. The smallest absolute Gasteiger partial charge is 0.414 e. The van der Waals surface area contributed by atoms with Crippen LogP contribution < -0.4 is 9.47 Å². The van der Waals surface area contributed by atoms with E-state index in [0.717, 1.165) is 47.9 Å². The average Bonchev–Trinajstić information content (AvgIpc) is 3.85. The first-order chi connectivity index (χ1) is 27.0. The zero-order valence-electron chi connectivity index (χ0n) is 31.2. The van der Waals surface area contributed by atoms with E-state index in [1.165, 1.54) is 98.9 Å². The molecule has 0 unspecified atom stereocenters. The number of aromatic hydroxyl groups is 1. The van der Waals surface area contributed by atoms with Crippen LogP contribution >= 0.6 is 11.3 Å². The first kappa shape index (κ1) is 41.9. The number of hydrogen-bond donors (Lipinski definition) is 5. The summed E-state index contributed by atoms with van der Waals surface area (Å²) in [5.74, 6) is -5.35. The van der Waals surface area contributed by atoms with Gasteiger partial charge in [-0.3, -0.25) is 9.80 Å². The van der Waals surface area contributed by atoms with E-state index in [9.17, 15) is 5.11 Å². The number of aromatic nitrogens is 1. The lowest BCUT2D eigenvalue weighted by molar-refractivity contribution is -0.159. The molecule has 3 fully saturated rings. The Bertz CT molecular complexity index is 1870. The maximum atomic E-state index is 10.2. The maximum absolute atomic E-state index is 10.2. The summed E-state index contributed by atoms with van der Waals surface area (Å²) in [6.45, 7) is 6.51. The van der Waals surface area contributed by atoms with Crippen LogP contribution in [0.3, 0.4) is 0 Å². The van der Waals surface area contributed by atoms with Gasteiger partial charge in [0.15, 0.2) is 0 Å². The number of benzene rings is 2. The number of carbonyl (C=O) groups is 4. The third kappa shape index (κ3) is 12.1. The number of aliphatic carboxylic acids is 4. The highest BCUT2D eigenvalue weighted by molar-refractivity contribution is 7.22. The first-order valence-electron chi connectivity index (χ1n) is 19.0. The van der Waals surface area contributed by atoms with Gasteiger partial charge >= 0.3 is 23.9 Å². The molecule has 0 amide bonds. The summed E-state index contributed by atoms with van der Waals surface area (Å²) in [5.41, 5.74) is 3.59. The Morgan fingerprint density at radius 1 is 0.750 bits per heavy atom. The van der Waals surface area contributed by atoms with E-state index in [1.54, 1.807) is 17.4 Å². The average molecular weight is 792 g/mol. The number of fused-ring (bicyclic) bond motifs is 1. The van der Waals surface area contributed by atoms with E-state index >= 15 is 0 Å². The van der Waals surface area contributed by atoms with Crippen molar-refractivity contribution in [3.05, 3.63) is 71.9 Å². The van der Waals surface area contributed by atoms with Crippen molar-refractivity contribution in [1.82, 2.24) is 14.8 Å². The Kier molecular flexibility index (Phi) is 15.4. The summed E-state index contributed by atoms with van der Waals surface area (Å²) in [4.78, 5) is 47.6. The zero-order chi connectivity index (χ0) is 40.0. The second-order valence-electron chi connectivity index (χ2n) is 14.0. The Hall–Kier alpha value is -5.25. The van der Waals surface area contributed by atoms with E-state index in [0.29, 0.717) is 11.8 Å². The normalized spacial score (nSPS) is 18.5. The number of hydrogen-bond acceptors (Lipinski definition) is 11. The van der Waals surface area contributed by atoms with Gasteiger partial charge in [-0.2, -0.15) is 0 Å². The molecule has 2 saturated heterocycles. The summed E-state index contributed by atoms with van der Waals surface area (Å²) in [7, 11) is 0. The van der Waals surface area contributed by atoms with Crippen molar-refractivity contribution in [2.75, 3.05) is 39.3 Å². The second-order valence-corrected chi connectivity index (χ2v) is 15.1. The second kappa shape index (κ2) is 20.6. The highest BCUT2D eigenvalue weighted by Gasteiger charge is 2.32. The number of nitrogens with zero attached hydrogens (tertiary/aromatic N) is 3. The summed E-state index contributed by atoms with van der Waals surface area (Å²) in [6.07, 6.45) is 14.5. The van der Waals surface area contributed by atoms with Crippen molar-refractivity contribution in [2.24, 2.45) is 0 Å². The van der Waals surface area contributed by atoms with E-state index in [4.69, 9.17) is 54.1 Å². The molecule has 0 radical (unpaired) electrons. The van der Waals surface area contributed by atoms with Gasteiger partial charge in [-0.15, -0.1) is 11.3 Å². The number of piperidine rings is 1. The number of carboxylic acids is 4. The van der Waals surface area contributed by atoms with Crippen LogP contribution in [-0.2, 0) is 25.6 Å². The Morgan fingerprint density at radius 3 is 2.02 bits per heavy atom. The number of ether oxygens (including phenoxy) is 2. The minimum absolute atomic E-state index is 0.229. The summed E-state index contributed by atoms with van der Waals surface area (Å²) in [6, 6.07) is 19.0.